The van der Waals surface area contributed by atoms with Crippen molar-refractivity contribution in [2.75, 3.05) is 6.61 Å². The van der Waals surface area contributed by atoms with Crippen LogP contribution >= 0.6 is 0 Å². The molecule has 0 fully saturated rings. The van der Waals surface area contributed by atoms with E-state index in [1.54, 1.807) is 30.2 Å². The van der Waals surface area contributed by atoms with Crippen molar-refractivity contribution in [3.63, 3.8) is 0 Å². The number of rotatable bonds is 8. The molecule has 2 aromatic carbocycles. The number of pyridine rings is 1. The van der Waals surface area contributed by atoms with Crippen LogP contribution in [-0.4, -0.2) is 32.2 Å². The smallest absolute Gasteiger partial charge is 0.254 e. The maximum atomic E-state index is 13.4. The average Bonchev–Trinajstić information content (AvgIpc) is 3.40. The minimum Gasteiger partial charge on any atom is -0.481 e. The van der Waals surface area contributed by atoms with E-state index >= 15 is 0 Å². The lowest BCUT2D eigenvalue weighted by atomic mass is 10.1. The SMILES string of the molecule is CC#CCOc1ccc(CN(Cc2cccnc2)C(=O)c2ccc(-n3cccn3)cc2)cc1. The van der Waals surface area contributed by atoms with Crippen molar-refractivity contribution in [1.82, 2.24) is 19.7 Å². The highest BCUT2D eigenvalue weighted by Crippen LogP contribution is 2.18. The number of carbonyl (C=O) groups excluding carboxylic acids is 1. The summed E-state index contributed by atoms with van der Waals surface area (Å²) >= 11 is 0. The van der Waals surface area contributed by atoms with E-state index in [1.165, 1.54) is 0 Å². The summed E-state index contributed by atoms with van der Waals surface area (Å²) in [6.45, 7) is 3.06. The third-order valence-electron chi connectivity index (χ3n) is 5.05. The van der Waals surface area contributed by atoms with Crippen molar-refractivity contribution < 1.29 is 9.53 Å². The van der Waals surface area contributed by atoms with Crippen LogP contribution in [0.1, 0.15) is 28.4 Å². The minimum atomic E-state index is -0.0515. The summed E-state index contributed by atoms with van der Waals surface area (Å²) in [4.78, 5) is 19.4. The summed E-state index contributed by atoms with van der Waals surface area (Å²) in [6, 6.07) is 20.9. The van der Waals surface area contributed by atoms with Gasteiger partial charge in [-0.05, 0) is 66.6 Å². The summed E-state index contributed by atoms with van der Waals surface area (Å²) in [5.74, 6) is 6.39. The second kappa shape index (κ2) is 10.8. The molecule has 164 valence electrons. The van der Waals surface area contributed by atoms with Crippen LogP contribution < -0.4 is 4.74 Å². The Labute approximate surface area is 193 Å². The van der Waals surface area contributed by atoms with E-state index in [0.29, 0.717) is 25.3 Å². The van der Waals surface area contributed by atoms with Crippen molar-refractivity contribution in [3.8, 4) is 23.3 Å². The largest absolute Gasteiger partial charge is 0.481 e. The number of hydrogen-bond donors (Lipinski definition) is 0. The highest BCUT2D eigenvalue weighted by atomic mass is 16.5. The Morgan fingerprint density at radius 1 is 0.970 bits per heavy atom. The lowest BCUT2D eigenvalue weighted by Gasteiger charge is -2.23. The number of carbonyl (C=O) groups is 1. The lowest BCUT2D eigenvalue weighted by molar-refractivity contribution is 0.0730. The van der Waals surface area contributed by atoms with Gasteiger partial charge in [0.25, 0.3) is 5.91 Å². The number of hydrogen-bond acceptors (Lipinski definition) is 4. The molecule has 0 bridgehead atoms. The first-order valence-corrected chi connectivity index (χ1v) is 10.6. The molecule has 1 amide bonds. The zero-order valence-corrected chi connectivity index (χ0v) is 18.4. The van der Waals surface area contributed by atoms with Gasteiger partial charge in [0.1, 0.15) is 12.4 Å². The van der Waals surface area contributed by atoms with Gasteiger partial charge in [-0.15, -0.1) is 5.92 Å². The highest BCUT2D eigenvalue weighted by Gasteiger charge is 2.17. The van der Waals surface area contributed by atoms with E-state index in [9.17, 15) is 4.79 Å². The molecule has 0 unspecified atom stereocenters. The Balaban J connectivity index is 1.52. The molecule has 4 rings (SSSR count). The van der Waals surface area contributed by atoms with Gasteiger partial charge in [-0.1, -0.05) is 24.1 Å². The summed E-state index contributed by atoms with van der Waals surface area (Å²) in [6.07, 6.45) is 7.11. The lowest BCUT2D eigenvalue weighted by Crippen LogP contribution is -2.30. The predicted octanol–water partition coefficient (Wildman–Crippen LogP) is 4.51. The first kappa shape index (κ1) is 21.8. The van der Waals surface area contributed by atoms with Gasteiger partial charge in [0, 0.05) is 43.4 Å². The van der Waals surface area contributed by atoms with Crippen LogP contribution in [0.15, 0.2) is 91.5 Å². The van der Waals surface area contributed by atoms with Crippen molar-refractivity contribution >= 4 is 5.91 Å². The van der Waals surface area contributed by atoms with Crippen LogP contribution in [0.5, 0.6) is 5.75 Å². The summed E-state index contributed by atoms with van der Waals surface area (Å²) in [5, 5.41) is 4.24. The van der Waals surface area contributed by atoms with Gasteiger partial charge >= 0.3 is 0 Å². The molecule has 0 saturated carbocycles. The van der Waals surface area contributed by atoms with Crippen LogP contribution in [0.3, 0.4) is 0 Å². The molecule has 0 atom stereocenters. The second-order valence-electron chi connectivity index (χ2n) is 7.38. The fraction of sp³-hybridized carbons (Fsp3) is 0.148. The second-order valence-corrected chi connectivity index (χ2v) is 7.38. The van der Waals surface area contributed by atoms with Gasteiger partial charge in [-0.25, -0.2) is 4.68 Å². The van der Waals surface area contributed by atoms with E-state index in [-0.39, 0.29) is 5.91 Å². The molecular weight excluding hydrogens is 412 g/mol. The maximum Gasteiger partial charge on any atom is 0.254 e. The fourth-order valence-electron chi connectivity index (χ4n) is 3.38. The highest BCUT2D eigenvalue weighted by molar-refractivity contribution is 5.94. The molecule has 6 nitrogen and oxygen atoms in total. The molecule has 0 aliphatic rings. The van der Waals surface area contributed by atoms with Gasteiger partial charge < -0.3 is 9.64 Å². The monoisotopic (exact) mass is 436 g/mol. The Bertz CT molecular complexity index is 1220. The Hall–Kier alpha value is -4.37. The van der Waals surface area contributed by atoms with Gasteiger partial charge in [0.05, 0.1) is 5.69 Å². The normalized spacial score (nSPS) is 10.2. The van der Waals surface area contributed by atoms with Crippen LogP contribution in [0, 0.1) is 11.8 Å². The molecule has 0 spiro atoms. The summed E-state index contributed by atoms with van der Waals surface area (Å²) in [7, 11) is 0. The average molecular weight is 437 g/mol. The van der Waals surface area contributed by atoms with Crippen molar-refractivity contribution in [2.45, 2.75) is 20.0 Å². The van der Waals surface area contributed by atoms with E-state index in [0.717, 1.165) is 22.6 Å². The standard InChI is InChI=1S/C27H24N4O2/c1-2-3-18-33-26-13-7-22(8-14-26)20-30(21-23-6-4-15-28-19-23)27(32)24-9-11-25(12-10-24)31-17-5-16-29-31/h4-17,19H,18,20-21H2,1H3. The van der Waals surface area contributed by atoms with Gasteiger partial charge in [-0.3, -0.25) is 9.78 Å². The fourth-order valence-corrected chi connectivity index (χ4v) is 3.38. The minimum absolute atomic E-state index is 0.0515. The zero-order chi connectivity index (χ0) is 22.9. The van der Waals surface area contributed by atoms with Gasteiger partial charge in [-0.2, -0.15) is 5.10 Å². The number of amides is 1. The molecule has 2 heterocycles. The summed E-state index contributed by atoms with van der Waals surface area (Å²) < 4.78 is 7.35. The summed E-state index contributed by atoms with van der Waals surface area (Å²) in [5.41, 5.74) is 3.50. The molecule has 0 radical (unpaired) electrons. The van der Waals surface area contributed by atoms with Crippen LogP contribution in [0.25, 0.3) is 5.69 Å². The Morgan fingerprint density at radius 3 is 2.42 bits per heavy atom. The first-order valence-electron chi connectivity index (χ1n) is 10.6. The third kappa shape index (κ3) is 5.86. The van der Waals surface area contributed by atoms with Crippen molar-refractivity contribution in [1.29, 1.82) is 0 Å². The third-order valence-corrected chi connectivity index (χ3v) is 5.05. The molecule has 33 heavy (non-hydrogen) atoms. The molecule has 0 N–H and O–H groups in total. The molecule has 6 heteroatoms. The molecule has 0 aliphatic carbocycles. The van der Waals surface area contributed by atoms with Crippen LogP contribution in [-0.2, 0) is 13.1 Å². The molecule has 2 aromatic heterocycles. The first-order chi connectivity index (χ1) is 16.2. The van der Waals surface area contributed by atoms with Crippen LogP contribution in [0.2, 0.25) is 0 Å². The molecule has 4 aromatic rings. The topological polar surface area (TPSA) is 60.2 Å². The van der Waals surface area contributed by atoms with E-state index < -0.39 is 0 Å². The zero-order valence-electron chi connectivity index (χ0n) is 18.4. The van der Waals surface area contributed by atoms with Gasteiger partial charge in [0.2, 0.25) is 0 Å². The van der Waals surface area contributed by atoms with Gasteiger partial charge in [0.15, 0.2) is 0 Å². The van der Waals surface area contributed by atoms with E-state index in [1.807, 2.05) is 77.8 Å². The van der Waals surface area contributed by atoms with E-state index in [2.05, 4.69) is 21.9 Å². The number of nitrogens with zero attached hydrogens (tertiary/aromatic N) is 4. The Morgan fingerprint density at radius 2 is 1.76 bits per heavy atom. The predicted molar refractivity (Wildman–Crippen MR) is 127 cm³/mol. The molecule has 0 aliphatic heterocycles. The van der Waals surface area contributed by atoms with E-state index in [4.69, 9.17) is 4.74 Å². The van der Waals surface area contributed by atoms with Crippen molar-refractivity contribution in [3.05, 3.63) is 108 Å². The Kier molecular flexibility index (Phi) is 7.14. The maximum absolute atomic E-state index is 13.4. The van der Waals surface area contributed by atoms with Crippen molar-refractivity contribution in [2.24, 2.45) is 0 Å². The number of benzene rings is 2. The number of aromatic nitrogens is 3. The van der Waals surface area contributed by atoms with Crippen LogP contribution in [0.4, 0.5) is 0 Å². The molecular formula is C27H24N4O2. The number of ether oxygens (including phenoxy) is 1. The molecule has 0 saturated heterocycles. The quantitative estimate of drug-likeness (QED) is 0.381.